The van der Waals surface area contributed by atoms with Crippen LogP contribution in [0.4, 0.5) is 0 Å². The van der Waals surface area contributed by atoms with Crippen molar-refractivity contribution in [2.24, 2.45) is 5.92 Å². The van der Waals surface area contributed by atoms with Crippen LogP contribution in [0.5, 0.6) is 11.5 Å². The van der Waals surface area contributed by atoms with E-state index in [1.807, 2.05) is 0 Å². The summed E-state index contributed by atoms with van der Waals surface area (Å²) >= 11 is 0. The summed E-state index contributed by atoms with van der Waals surface area (Å²) in [5.74, 6) is -0.614. The molecule has 1 aliphatic carbocycles. The van der Waals surface area contributed by atoms with Gasteiger partial charge < -0.3 is 19.9 Å². The van der Waals surface area contributed by atoms with Gasteiger partial charge in [0.15, 0.2) is 11.5 Å². The summed E-state index contributed by atoms with van der Waals surface area (Å²) in [6, 6.07) is 3.98. The Morgan fingerprint density at radius 3 is 2.42 bits per heavy atom. The van der Waals surface area contributed by atoms with Crippen molar-refractivity contribution in [1.29, 1.82) is 0 Å². The van der Waals surface area contributed by atoms with E-state index < -0.39 is 17.9 Å². The van der Waals surface area contributed by atoms with Crippen molar-refractivity contribution >= 4 is 11.9 Å². The fourth-order valence-electron chi connectivity index (χ4n) is 2.83. The molecule has 132 valence electrons. The standard InChI is InChI=1S/C18H25NO5/c1-11(2)16(18(21)22)19-17(20)12-8-9-14(15(10-12)23-3)24-13-6-4-5-7-13/h8-11,13,16H,4-7H2,1-3H3,(H,19,20)(H,21,22)/t16-/m0/s1. The van der Waals surface area contributed by atoms with E-state index in [4.69, 9.17) is 9.47 Å². The van der Waals surface area contributed by atoms with E-state index in [0.717, 1.165) is 12.8 Å². The summed E-state index contributed by atoms with van der Waals surface area (Å²) in [5, 5.41) is 11.7. The average molecular weight is 335 g/mol. The number of amides is 1. The number of rotatable bonds is 7. The van der Waals surface area contributed by atoms with E-state index in [9.17, 15) is 14.7 Å². The molecule has 1 aliphatic rings. The number of methoxy groups -OCH3 is 1. The van der Waals surface area contributed by atoms with Crippen LogP contribution in [0.2, 0.25) is 0 Å². The van der Waals surface area contributed by atoms with Gasteiger partial charge in [0.1, 0.15) is 6.04 Å². The Kier molecular flexibility index (Phi) is 6.06. The molecule has 1 amide bonds. The molecule has 6 heteroatoms. The molecular formula is C18H25NO5. The monoisotopic (exact) mass is 335 g/mol. The van der Waals surface area contributed by atoms with Gasteiger partial charge in [0.05, 0.1) is 13.2 Å². The maximum atomic E-state index is 12.3. The smallest absolute Gasteiger partial charge is 0.326 e. The second kappa shape index (κ2) is 8.04. The predicted octanol–water partition coefficient (Wildman–Crippen LogP) is 2.86. The average Bonchev–Trinajstić information content (AvgIpc) is 3.05. The molecule has 1 saturated carbocycles. The highest BCUT2D eigenvalue weighted by Crippen LogP contribution is 2.32. The van der Waals surface area contributed by atoms with Crippen molar-refractivity contribution in [2.75, 3.05) is 7.11 Å². The van der Waals surface area contributed by atoms with Gasteiger partial charge >= 0.3 is 5.97 Å². The van der Waals surface area contributed by atoms with Gasteiger partial charge in [-0.05, 0) is 49.8 Å². The Morgan fingerprint density at radius 1 is 1.21 bits per heavy atom. The molecule has 0 saturated heterocycles. The van der Waals surface area contributed by atoms with Crippen LogP contribution in [0.1, 0.15) is 49.9 Å². The molecule has 0 spiro atoms. The quantitative estimate of drug-likeness (QED) is 0.800. The number of carbonyl (C=O) groups excluding carboxylic acids is 1. The zero-order valence-electron chi connectivity index (χ0n) is 14.4. The number of ether oxygens (including phenoxy) is 2. The number of carboxylic acids is 1. The normalized spacial score (nSPS) is 16.0. The Morgan fingerprint density at radius 2 is 1.88 bits per heavy atom. The lowest BCUT2D eigenvalue weighted by atomic mass is 10.0. The van der Waals surface area contributed by atoms with Crippen LogP contribution in [0.15, 0.2) is 18.2 Å². The van der Waals surface area contributed by atoms with E-state index in [2.05, 4.69) is 5.32 Å². The highest BCUT2D eigenvalue weighted by Gasteiger charge is 2.25. The van der Waals surface area contributed by atoms with E-state index in [0.29, 0.717) is 17.1 Å². The largest absolute Gasteiger partial charge is 0.493 e. The van der Waals surface area contributed by atoms with Gasteiger partial charge in [-0.15, -0.1) is 0 Å². The van der Waals surface area contributed by atoms with Crippen LogP contribution in [-0.4, -0.2) is 36.2 Å². The molecule has 1 atom stereocenters. The molecule has 0 aliphatic heterocycles. The van der Waals surface area contributed by atoms with Gasteiger partial charge in [-0.3, -0.25) is 4.79 Å². The van der Waals surface area contributed by atoms with Gasteiger partial charge in [0.25, 0.3) is 5.91 Å². The molecule has 0 bridgehead atoms. The van der Waals surface area contributed by atoms with Gasteiger partial charge in [0.2, 0.25) is 0 Å². The Hall–Kier alpha value is -2.24. The maximum absolute atomic E-state index is 12.3. The summed E-state index contributed by atoms with van der Waals surface area (Å²) in [6.45, 7) is 3.50. The van der Waals surface area contributed by atoms with Crippen molar-refractivity contribution < 1.29 is 24.2 Å². The molecule has 24 heavy (non-hydrogen) atoms. The Balaban J connectivity index is 2.12. The van der Waals surface area contributed by atoms with Crippen LogP contribution < -0.4 is 14.8 Å². The predicted molar refractivity (Wildman–Crippen MR) is 89.6 cm³/mol. The van der Waals surface area contributed by atoms with Crippen LogP contribution in [0.25, 0.3) is 0 Å². The molecule has 0 heterocycles. The third kappa shape index (κ3) is 4.40. The van der Waals surface area contributed by atoms with Crippen LogP contribution >= 0.6 is 0 Å². The van der Waals surface area contributed by atoms with Crippen LogP contribution in [0, 0.1) is 5.92 Å². The van der Waals surface area contributed by atoms with E-state index in [-0.39, 0.29) is 12.0 Å². The topological polar surface area (TPSA) is 84.9 Å². The lowest BCUT2D eigenvalue weighted by Crippen LogP contribution is -2.44. The number of benzene rings is 1. The number of hydrogen-bond donors (Lipinski definition) is 2. The number of aliphatic carboxylic acids is 1. The summed E-state index contributed by atoms with van der Waals surface area (Å²) in [7, 11) is 1.52. The zero-order chi connectivity index (χ0) is 17.7. The molecule has 1 fully saturated rings. The van der Waals surface area contributed by atoms with Crippen LogP contribution in [-0.2, 0) is 4.79 Å². The Labute approximate surface area is 142 Å². The first-order valence-electron chi connectivity index (χ1n) is 8.30. The highest BCUT2D eigenvalue weighted by atomic mass is 16.5. The zero-order valence-corrected chi connectivity index (χ0v) is 14.4. The lowest BCUT2D eigenvalue weighted by Gasteiger charge is -2.19. The summed E-state index contributed by atoms with van der Waals surface area (Å²) in [5.41, 5.74) is 0.345. The second-order valence-corrected chi connectivity index (χ2v) is 6.42. The maximum Gasteiger partial charge on any atom is 0.326 e. The van der Waals surface area contributed by atoms with E-state index >= 15 is 0 Å². The third-order valence-electron chi connectivity index (χ3n) is 4.24. The molecule has 1 aromatic rings. The molecule has 2 N–H and O–H groups in total. The number of hydrogen-bond acceptors (Lipinski definition) is 4. The first-order chi connectivity index (χ1) is 11.4. The van der Waals surface area contributed by atoms with E-state index in [1.54, 1.807) is 32.0 Å². The summed E-state index contributed by atoms with van der Waals surface area (Å²) < 4.78 is 11.3. The van der Waals surface area contributed by atoms with Crippen molar-refractivity contribution in [3.05, 3.63) is 23.8 Å². The number of carboxylic acid groups (broad SMARTS) is 1. The van der Waals surface area contributed by atoms with Crippen molar-refractivity contribution in [3.8, 4) is 11.5 Å². The van der Waals surface area contributed by atoms with Gasteiger partial charge in [-0.2, -0.15) is 0 Å². The van der Waals surface area contributed by atoms with Crippen molar-refractivity contribution in [1.82, 2.24) is 5.32 Å². The van der Waals surface area contributed by atoms with Crippen LogP contribution in [0.3, 0.4) is 0 Å². The number of carbonyl (C=O) groups is 2. The molecule has 0 aromatic heterocycles. The minimum Gasteiger partial charge on any atom is -0.493 e. The SMILES string of the molecule is COc1cc(C(=O)N[C@H](C(=O)O)C(C)C)ccc1OC1CCCC1. The van der Waals surface area contributed by atoms with E-state index in [1.165, 1.54) is 20.0 Å². The van der Waals surface area contributed by atoms with Gasteiger partial charge in [-0.25, -0.2) is 4.79 Å². The number of nitrogens with one attached hydrogen (secondary N) is 1. The molecule has 0 unspecified atom stereocenters. The van der Waals surface area contributed by atoms with Crippen molar-refractivity contribution in [2.45, 2.75) is 51.7 Å². The minimum atomic E-state index is -1.05. The first kappa shape index (κ1) is 18.1. The summed E-state index contributed by atoms with van der Waals surface area (Å²) in [4.78, 5) is 23.5. The fourth-order valence-corrected chi connectivity index (χ4v) is 2.83. The summed E-state index contributed by atoms with van der Waals surface area (Å²) in [6.07, 6.45) is 4.58. The fraction of sp³-hybridized carbons (Fsp3) is 0.556. The molecule has 2 rings (SSSR count). The molecule has 6 nitrogen and oxygen atoms in total. The van der Waals surface area contributed by atoms with Gasteiger partial charge in [0, 0.05) is 5.56 Å². The molecule has 0 radical (unpaired) electrons. The van der Waals surface area contributed by atoms with Gasteiger partial charge in [-0.1, -0.05) is 13.8 Å². The highest BCUT2D eigenvalue weighted by molar-refractivity contribution is 5.97. The molecular weight excluding hydrogens is 310 g/mol. The second-order valence-electron chi connectivity index (χ2n) is 6.42. The lowest BCUT2D eigenvalue weighted by molar-refractivity contribution is -0.140. The minimum absolute atomic E-state index is 0.191. The van der Waals surface area contributed by atoms with Crippen molar-refractivity contribution in [3.63, 3.8) is 0 Å². The Bertz CT molecular complexity index is 593. The first-order valence-corrected chi connectivity index (χ1v) is 8.30. The third-order valence-corrected chi connectivity index (χ3v) is 4.24. The molecule has 1 aromatic carbocycles.